The van der Waals surface area contributed by atoms with Crippen molar-refractivity contribution in [2.45, 2.75) is 20.3 Å². The molecule has 1 fully saturated rings. The van der Waals surface area contributed by atoms with Crippen LogP contribution >= 0.6 is 0 Å². The summed E-state index contributed by atoms with van der Waals surface area (Å²) < 4.78 is 15.8. The second-order valence-electron chi connectivity index (χ2n) is 5.53. The first-order valence-electron chi connectivity index (χ1n) is 7.89. The smallest absolute Gasteiger partial charge is 0.309 e. The maximum absolute atomic E-state index is 11.5. The fourth-order valence-electron chi connectivity index (χ4n) is 2.10. The van der Waals surface area contributed by atoms with Crippen LogP contribution in [0.2, 0.25) is 0 Å². The SMILES string of the molecule is CCOc1ccc(OCCNC(=O)COC(=O)[C@H]2C[C@H]2C)cc1. The van der Waals surface area contributed by atoms with Crippen molar-refractivity contribution in [2.24, 2.45) is 11.8 Å². The quantitative estimate of drug-likeness (QED) is 0.554. The molecule has 1 amide bonds. The molecule has 0 unspecified atom stereocenters. The van der Waals surface area contributed by atoms with E-state index in [1.54, 1.807) is 0 Å². The second-order valence-corrected chi connectivity index (χ2v) is 5.53. The number of carbonyl (C=O) groups excluding carboxylic acids is 2. The molecule has 23 heavy (non-hydrogen) atoms. The van der Waals surface area contributed by atoms with Crippen LogP contribution in [-0.4, -0.2) is 38.2 Å². The molecule has 6 heteroatoms. The topological polar surface area (TPSA) is 73.9 Å². The molecule has 2 atom stereocenters. The number of carbonyl (C=O) groups is 2. The zero-order valence-corrected chi connectivity index (χ0v) is 13.5. The summed E-state index contributed by atoms with van der Waals surface area (Å²) in [5, 5.41) is 2.64. The minimum atomic E-state index is -0.318. The van der Waals surface area contributed by atoms with Gasteiger partial charge in [0.1, 0.15) is 18.1 Å². The number of nitrogens with one attached hydrogen (secondary N) is 1. The van der Waals surface area contributed by atoms with E-state index in [1.165, 1.54) is 0 Å². The summed E-state index contributed by atoms with van der Waals surface area (Å²) in [6.45, 7) is 5.00. The van der Waals surface area contributed by atoms with Gasteiger partial charge in [0.2, 0.25) is 0 Å². The van der Waals surface area contributed by atoms with E-state index in [0.717, 1.165) is 12.2 Å². The van der Waals surface area contributed by atoms with Crippen molar-refractivity contribution >= 4 is 11.9 Å². The maximum atomic E-state index is 11.5. The van der Waals surface area contributed by atoms with Gasteiger partial charge in [0, 0.05) is 0 Å². The third-order valence-corrected chi connectivity index (χ3v) is 3.59. The first-order chi connectivity index (χ1) is 11.1. The van der Waals surface area contributed by atoms with Crippen LogP contribution in [0.1, 0.15) is 20.3 Å². The number of hydrogen-bond acceptors (Lipinski definition) is 5. The highest BCUT2D eigenvalue weighted by molar-refractivity contribution is 5.82. The summed E-state index contributed by atoms with van der Waals surface area (Å²) in [6.07, 6.45) is 0.858. The van der Waals surface area contributed by atoms with Crippen molar-refractivity contribution < 1.29 is 23.8 Å². The van der Waals surface area contributed by atoms with E-state index in [1.807, 2.05) is 38.1 Å². The molecule has 0 aromatic heterocycles. The average molecular weight is 321 g/mol. The molecule has 0 saturated heterocycles. The van der Waals surface area contributed by atoms with Gasteiger partial charge >= 0.3 is 5.97 Å². The number of amides is 1. The third kappa shape index (κ3) is 5.81. The summed E-state index contributed by atoms with van der Waals surface area (Å²) in [7, 11) is 0. The standard InChI is InChI=1S/C17H23NO5/c1-3-21-13-4-6-14(7-5-13)22-9-8-18-16(19)11-23-17(20)15-10-12(15)2/h4-7,12,15H,3,8-11H2,1-2H3,(H,18,19)/t12-,15+/m1/s1. The van der Waals surface area contributed by atoms with Crippen molar-refractivity contribution in [3.05, 3.63) is 24.3 Å². The van der Waals surface area contributed by atoms with Crippen LogP contribution in [0.5, 0.6) is 11.5 Å². The number of ether oxygens (including phenoxy) is 3. The van der Waals surface area contributed by atoms with E-state index in [9.17, 15) is 9.59 Å². The van der Waals surface area contributed by atoms with Gasteiger partial charge in [0.25, 0.3) is 5.91 Å². The molecule has 1 aromatic rings. The number of esters is 1. The van der Waals surface area contributed by atoms with E-state index in [0.29, 0.717) is 31.4 Å². The molecule has 2 rings (SSSR count). The zero-order valence-electron chi connectivity index (χ0n) is 13.5. The van der Waals surface area contributed by atoms with Crippen LogP contribution in [0.3, 0.4) is 0 Å². The highest BCUT2D eigenvalue weighted by atomic mass is 16.5. The predicted octanol–water partition coefficient (Wildman–Crippen LogP) is 1.78. The van der Waals surface area contributed by atoms with E-state index in [-0.39, 0.29) is 24.4 Å². The van der Waals surface area contributed by atoms with E-state index < -0.39 is 0 Å². The van der Waals surface area contributed by atoms with Crippen molar-refractivity contribution in [1.82, 2.24) is 5.32 Å². The predicted molar refractivity (Wildman–Crippen MR) is 84.3 cm³/mol. The van der Waals surface area contributed by atoms with Gasteiger partial charge < -0.3 is 19.5 Å². The first kappa shape index (κ1) is 17.1. The van der Waals surface area contributed by atoms with Crippen molar-refractivity contribution in [3.8, 4) is 11.5 Å². The molecule has 6 nitrogen and oxygen atoms in total. The monoisotopic (exact) mass is 321 g/mol. The van der Waals surface area contributed by atoms with Crippen LogP contribution in [0.4, 0.5) is 0 Å². The molecule has 0 radical (unpaired) electrons. The Kier molecular flexibility index (Phi) is 6.26. The number of benzene rings is 1. The van der Waals surface area contributed by atoms with Gasteiger partial charge in [0.05, 0.1) is 19.1 Å². The van der Waals surface area contributed by atoms with Crippen LogP contribution < -0.4 is 14.8 Å². The highest BCUT2D eigenvalue weighted by Gasteiger charge is 2.40. The minimum Gasteiger partial charge on any atom is -0.494 e. The summed E-state index contributed by atoms with van der Waals surface area (Å²) >= 11 is 0. The molecule has 126 valence electrons. The molecule has 0 aliphatic heterocycles. The van der Waals surface area contributed by atoms with E-state index >= 15 is 0 Å². The van der Waals surface area contributed by atoms with E-state index in [2.05, 4.69) is 5.32 Å². The average Bonchev–Trinajstić information content (AvgIpc) is 3.28. The second kappa shape index (κ2) is 8.41. The minimum absolute atomic E-state index is 0.0224. The lowest BCUT2D eigenvalue weighted by molar-refractivity contribution is -0.150. The molecular weight excluding hydrogens is 298 g/mol. The third-order valence-electron chi connectivity index (χ3n) is 3.59. The molecule has 1 saturated carbocycles. The van der Waals surface area contributed by atoms with Crippen LogP contribution in [0.15, 0.2) is 24.3 Å². The summed E-state index contributed by atoms with van der Waals surface area (Å²) in [5.41, 5.74) is 0. The lowest BCUT2D eigenvalue weighted by atomic mass is 10.3. The summed E-state index contributed by atoms with van der Waals surface area (Å²) in [5.74, 6) is 1.26. The number of hydrogen-bond donors (Lipinski definition) is 1. The van der Waals surface area contributed by atoms with E-state index in [4.69, 9.17) is 14.2 Å². The Hall–Kier alpha value is -2.24. The zero-order chi connectivity index (χ0) is 16.7. The molecule has 1 aliphatic rings. The van der Waals surface area contributed by atoms with Gasteiger partial charge in [-0.25, -0.2) is 0 Å². The fourth-order valence-corrected chi connectivity index (χ4v) is 2.10. The Morgan fingerprint density at radius 1 is 1.17 bits per heavy atom. The van der Waals surface area contributed by atoms with Gasteiger partial charge in [-0.05, 0) is 43.5 Å². The molecule has 0 spiro atoms. The maximum Gasteiger partial charge on any atom is 0.309 e. The van der Waals surface area contributed by atoms with Gasteiger partial charge in [-0.2, -0.15) is 0 Å². The Labute approximate surface area is 136 Å². The Morgan fingerprint density at radius 2 is 1.78 bits per heavy atom. The first-order valence-corrected chi connectivity index (χ1v) is 7.89. The molecule has 1 aliphatic carbocycles. The summed E-state index contributed by atoms with van der Waals surface area (Å²) in [4.78, 5) is 23.0. The lowest BCUT2D eigenvalue weighted by Gasteiger charge is -2.09. The van der Waals surface area contributed by atoms with Crippen molar-refractivity contribution in [1.29, 1.82) is 0 Å². The molecule has 0 heterocycles. The Morgan fingerprint density at radius 3 is 2.35 bits per heavy atom. The largest absolute Gasteiger partial charge is 0.494 e. The molecule has 0 bridgehead atoms. The van der Waals surface area contributed by atoms with Gasteiger partial charge in [-0.15, -0.1) is 0 Å². The fraction of sp³-hybridized carbons (Fsp3) is 0.529. The number of rotatable bonds is 9. The van der Waals surface area contributed by atoms with Gasteiger partial charge in [-0.1, -0.05) is 6.92 Å². The van der Waals surface area contributed by atoms with Gasteiger partial charge in [0.15, 0.2) is 6.61 Å². The molecular formula is C17H23NO5. The van der Waals surface area contributed by atoms with Crippen LogP contribution in [0, 0.1) is 11.8 Å². The normalized spacial score (nSPS) is 18.9. The highest BCUT2D eigenvalue weighted by Crippen LogP contribution is 2.38. The van der Waals surface area contributed by atoms with Crippen molar-refractivity contribution in [3.63, 3.8) is 0 Å². The Bertz CT molecular complexity index is 528. The van der Waals surface area contributed by atoms with Gasteiger partial charge in [-0.3, -0.25) is 9.59 Å². The van der Waals surface area contributed by atoms with Crippen LogP contribution in [0.25, 0.3) is 0 Å². The Balaban J connectivity index is 1.55. The molecule has 1 aromatic carbocycles. The molecule has 1 N–H and O–H groups in total. The van der Waals surface area contributed by atoms with Crippen LogP contribution in [-0.2, 0) is 14.3 Å². The van der Waals surface area contributed by atoms with Crippen molar-refractivity contribution in [2.75, 3.05) is 26.4 Å². The summed E-state index contributed by atoms with van der Waals surface area (Å²) in [6, 6.07) is 7.28. The lowest BCUT2D eigenvalue weighted by Crippen LogP contribution is -2.32.